The first kappa shape index (κ1) is 13.7. The second-order valence-electron chi connectivity index (χ2n) is 5.33. The van der Waals surface area contributed by atoms with Gasteiger partial charge in [-0.2, -0.15) is 17.5 Å². The number of benzene rings is 1. The van der Waals surface area contributed by atoms with Crippen LogP contribution in [0.3, 0.4) is 0 Å². The molecule has 0 aliphatic heterocycles. The van der Waals surface area contributed by atoms with E-state index >= 15 is 0 Å². The molecule has 0 N–H and O–H groups in total. The standard InChI is InChI=1S/C15H13N5S2/c1-8-3-4-10(14-12(8)17-21-19-14)5-6-11-7-16-9(2)13-15(11)20-22-18-13/h3-4,7H,5-6H2,1-2H3. The van der Waals surface area contributed by atoms with Gasteiger partial charge in [0.25, 0.3) is 0 Å². The highest BCUT2D eigenvalue weighted by atomic mass is 32.1. The molecule has 0 amide bonds. The van der Waals surface area contributed by atoms with Crippen LogP contribution in [0, 0.1) is 13.8 Å². The van der Waals surface area contributed by atoms with Crippen LogP contribution in [0.2, 0.25) is 0 Å². The Labute approximate surface area is 135 Å². The molecule has 0 saturated carbocycles. The minimum Gasteiger partial charge on any atom is -0.259 e. The molecule has 110 valence electrons. The smallest absolute Gasteiger partial charge is 0.126 e. The summed E-state index contributed by atoms with van der Waals surface area (Å²) in [6, 6.07) is 4.27. The van der Waals surface area contributed by atoms with E-state index in [-0.39, 0.29) is 0 Å². The average Bonchev–Trinajstić information content (AvgIpc) is 3.18. The van der Waals surface area contributed by atoms with E-state index in [1.54, 1.807) is 0 Å². The minimum absolute atomic E-state index is 0.880. The van der Waals surface area contributed by atoms with Crippen LogP contribution >= 0.6 is 23.5 Å². The van der Waals surface area contributed by atoms with Gasteiger partial charge in [-0.25, -0.2) is 0 Å². The first-order valence-corrected chi connectivity index (χ1v) is 8.47. The van der Waals surface area contributed by atoms with Gasteiger partial charge in [-0.15, -0.1) is 0 Å². The molecule has 7 heteroatoms. The second-order valence-corrected chi connectivity index (χ2v) is 6.39. The van der Waals surface area contributed by atoms with Crippen LogP contribution in [-0.2, 0) is 12.8 Å². The number of hydrogen-bond acceptors (Lipinski definition) is 7. The molecule has 0 bridgehead atoms. The third-order valence-corrected chi connectivity index (χ3v) is 4.97. The van der Waals surface area contributed by atoms with Gasteiger partial charge in [0, 0.05) is 6.20 Å². The van der Waals surface area contributed by atoms with Crippen molar-refractivity contribution in [3.8, 4) is 0 Å². The molecule has 0 spiro atoms. The quantitative estimate of drug-likeness (QED) is 0.576. The molecular formula is C15H13N5S2. The Bertz CT molecular complexity index is 893. The average molecular weight is 327 g/mol. The molecule has 4 aromatic rings. The van der Waals surface area contributed by atoms with E-state index in [4.69, 9.17) is 0 Å². The van der Waals surface area contributed by atoms with Gasteiger partial charge in [-0.05, 0) is 43.4 Å². The topological polar surface area (TPSA) is 64.5 Å². The largest absolute Gasteiger partial charge is 0.259 e. The third kappa shape index (κ3) is 2.17. The summed E-state index contributed by atoms with van der Waals surface area (Å²) in [4.78, 5) is 4.44. The number of aromatic nitrogens is 5. The zero-order valence-electron chi connectivity index (χ0n) is 12.2. The Morgan fingerprint density at radius 1 is 0.773 bits per heavy atom. The van der Waals surface area contributed by atoms with Crippen molar-refractivity contribution in [2.45, 2.75) is 26.7 Å². The molecule has 0 unspecified atom stereocenters. The van der Waals surface area contributed by atoms with E-state index in [0.717, 1.165) is 46.2 Å². The predicted octanol–water partition coefficient (Wildman–Crippen LogP) is 3.49. The Morgan fingerprint density at radius 3 is 2.23 bits per heavy atom. The lowest BCUT2D eigenvalue weighted by Crippen LogP contribution is -1.97. The van der Waals surface area contributed by atoms with Crippen LogP contribution in [0.4, 0.5) is 0 Å². The lowest BCUT2D eigenvalue weighted by Gasteiger charge is -2.05. The molecular weight excluding hydrogens is 314 g/mol. The summed E-state index contributed by atoms with van der Waals surface area (Å²) in [6.07, 6.45) is 3.70. The first-order chi connectivity index (χ1) is 10.7. The van der Waals surface area contributed by atoms with Crippen molar-refractivity contribution in [3.05, 3.63) is 40.7 Å². The molecule has 3 heterocycles. The molecule has 4 rings (SSSR count). The van der Waals surface area contributed by atoms with Crippen molar-refractivity contribution in [2.75, 3.05) is 0 Å². The molecule has 22 heavy (non-hydrogen) atoms. The van der Waals surface area contributed by atoms with Crippen molar-refractivity contribution >= 4 is 45.5 Å². The Hall–Kier alpha value is -1.99. The summed E-state index contributed by atoms with van der Waals surface area (Å²) in [5, 5.41) is 0. The van der Waals surface area contributed by atoms with Gasteiger partial charge in [0.1, 0.15) is 22.1 Å². The molecule has 0 aliphatic carbocycles. The van der Waals surface area contributed by atoms with Crippen LogP contribution < -0.4 is 0 Å². The maximum absolute atomic E-state index is 4.45. The summed E-state index contributed by atoms with van der Waals surface area (Å²) < 4.78 is 17.6. The van der Waals surface area contributed by atoms with Crippen molar-refractivity contribution in [1.82, 2.24) is 22.5 Å². The van der Waals surface area contributed by atoms with Crippen LogP contribution in [0.5, 0.6) is 0 Å². The van der Waals surface area contributed by atoms with Gasteiger partial charge in [-0.1, -0.05) is 12.1 Å². The maximum atomic E-state index is 4.45. The number of rotatable bonds is 3. The zero-order chi connectivity index (χ0) is 15.1. The molecule has 0 atom stereocenters. The zero-order valence-corrected chi connectivity index (χ0v) is 13.8. The fourth-order valence-electron chi connectivity index (χ4n) is 2.63. The molecule has 1 aromatic carbocycles. The SMILES string of the molecule is Cc1ccc(CCc2cnc(C)c3nsnc23)c2nsnc12. The highest BCUT2D eigenvalue weighted by molar-refractivity contribution is 7.00. The molecule has 0 aliphatic rings. The fourth-order valence-corrected chi connectivity index (χ4v) is 3.89. The van der Waals surface area contributed by atoms with Gasteiger partial charge in [0.15, 0.2) is 0 Å². The van der Waals surface area contributed by atoms with E-state index in [9.17, 15) is 0 Å². The van der Waals surface area contributed by atoms with E-state index in [1.807, 2.05) is 13.1 Å². The molecule has 0 radical (unpaired) electrons. The molecule has 0 saturated heterocycles. The lowest BCUT2D eigenvalue weighted by molar-refractivity contribution is 0.960. The van der Waals surface area contributed by atoms with Crippen molar-refractivity contribution in [2.24, 2.45) is 0 Å². The number of hydrogen-bond donors (Lipinski definition) is 0. The molecule has 0 fully saturated rings. The van der Waals surface area contributed by atoms with Gasteiger partial charge in [-0.3, -0.25) is 4.98 Å². The Balaban J connectivity index is 1.69. The summed E-state index contributed by atoms with van der Waals surface area (Å²) >= 11 is 2.52. The van der Waals surface area contributed by atoms with Gasteiger partial charge >= 0.3 is 0 Å². The van der Waals surface area contributed by atoms with Crippen LogP contribution in [0.15, 0.2) is 18.3 Å². The van der Waals surface area contributed by atoms with Crippen LogP contribution in [0.25, 0.3) is 22.1 Å². The van der Waals surface area contributed by atoms with E-state index < -0.39 is 0 Å². The monoisotopic (exact) mass is 327 g/mol. The molecule has 3 aromatic heterocycles. The van der Waals surface area contributed by atoms with E-state index in [0.29, 0.717) is 0 Å². The Morgan fingerprint density at radius 2 is 1.41 bits per heavy atom. The summed E-state index contributed by atoms with van der Waals surface area (Å²) in [5.74, 6) is 0. The predicted molar refractivity (Wildman–Crippen MR) is 89.5 cm³/mol. The number of aryl methyl sites for hydroxylation is 4. The van der Waals surface area contributed by atoms with Gasteiger partial charge < -0.3 is 0 Å². The summed E-state index contributed by atoms with van der Waals surface area (Å²) in [5.41, 5.74) is 8.44. The fraction of sp³-hybridized carbons (Fsp3) is 0.267. The van der Waals surface area contributed by atoms with Gasteiger partial charge in [0.05, 0.1) is 29.2 Å². The van der Waals surface area contributed by atoms with Crippen molar-refractivity contribution in [1.29, 1.82) is 0 Å². The van der Waals surface area contributed by atoms with Crippen molar-refractivity contribution in [3.63, 3.8) is 0 Å². The van der Waals surface area contributed by atoms with Crippen molar-refractivity contribution < 1.29 is 0 Å². The highest BCUT2D eigenvalue weighted by Crippen LogP contribution is 2.24. The van der Waals surface area contributed by atoms with Crippen LogP contribution in [0.1, 0.15) is 22.4 Å². The summed E-state index contributed by atoms with van der Waals surface area (Å²) in [7, 11) is 0. The van der Waals surface area contributed by atoms with Crippen LogP contribution in [-0.4, -0.2) is 22.5 Å². The van der Waals surface area contributed by atoms with E-state index in [2.05, 4.69) is 41.5 Å². The minimum atomic E-state index is 0.880. The number of pyridine rings is 1. The highest BCUT2D eigenvalue weighted by Gasteiger charge is 2.12. The first-order valence-electron chi connectivity index (χ1n) is 7.01. The number of fused-ring (bicyclic) bond motifs is 2. The lowest BCUT2D eigenvalue weighted by atomic mass is 10.0. The normalized spacial score (nSPS) is 11.5. The Kier molecular flexibility index (Phi) is 3.31. The number of nitrogens with zero attached hydrogens (tertiary/aromatic N) is 5. The van der Waals surface area contributed by atoms with Gasteiger partial charge in [0.2, 0.25) is 0 Å². The molecule has 5 nitrogen and oxygen atoms in total. The maximum Gasteiger partial charge on any atom is 0.126 e. The third-order valence-electron chi connectivity index (χ3n) is 3.91. The second kappa shape index (κ2) is 5.33. The van der Waals surface area contributed by atoms with E-state index in [1.165, 1.54) is 34.6 Å². The summed E-state index contributed by atoms with van der Waals surface area (Å²) in [6.45, 7) is 4.04.